The van der Waals surface area contributed by atoms with Gasteiger partial charge in [-0.3, -0.25) is 4.79 Å². The quantitative estimate of drug-likeness (QED) is 0.550. The first-order valence-electron chi connectivity index (χ1n) is 2.90. The van der Waals surface area contributed by atoms with Crippen LogP contribution in [0.1, 0.15) is 0 Å². The summed E-state index contributed by atoms with van der Waals surface area (Å²) in [6.07, 6.45) is -0.313. The molecule has 0 aromatic heterocycles. The fourth-order valence-corrected chi connectivity index (χ4v) is 0.686. The lowest BCUT2D eigenvalue weighted by molar-refractivity contribution is -0.120. The molecule has 0 spiro atoms. The van der Waals surface area contributed by atoms with Crippen molar-refractivity contribution in [2.75, 3.05) is 13.2 Å². The number of hydrogen-bond acceptors (Lipinski definition) is 4. The molecule has 0 radical (unpaired) electrons. The van der Waals surface area contributed by atoms with E-state index in [1.807, 2.05) is 0 Å². The van der Waals surface area contributed by atoms with Crippen LogP contribution in [0.25, 0.3) is 0 Å². The molecule has 0 fully saturated rings. The predicted molar refractivity (Wildman–Crippen MR) is 33.0 cm³/mol. The summed E-state index contributed by atoms with van der Waals surface area (Å²) in [5.74, 6) is -0.249. The average Bonchev–Trinajstić information content (AvgIpc) is 1.85. The lowest BCUT2D eigenvalue weighted by atomic mass is 10.3. The molecule has 0 amide bonds. The van der Waals surface area contributed by atoms with E-state index in [4.69, 9.17) is 5.11 Å². The van der Waals surface area contributed by atoms with Crippen molar-refractivity contribution in [1.82, 2.24) is 0 Å². The van der Waals surface area contributed by atoms with Crippen LogP contribution in [-0.2, 0) is 14.3 Å². The van der Waals surface area contributed by atoms with Crippen LogP contribution in [0.15, 0.2) is 11.8 Å². The van der Waals surface area contributed by atoms with Gasteiger partial charge in [-0.2, -0.15) is 0 Å². The van der Waals surface area contributed by atoms with Gasteiger partial charge in [-0.15, -0.1) is 0 Å². The van der Waals surface area contributed by atoms with Gasteiger partial charge in [0.1, 0.15) is 19.0 Å². The topological polar surface area (TPSA) is 72.8 Å². The minimum Gasteiger partial charge on any atom is -0.449 e. The first-order chi connectivity index (χ1) is 5.18. The van der Waals surface area contributed by atoms with E-state index in [1.54, 1.807) is 0 Å². The molecule has 0 atom stereocenters. The highest BCUT2D eigenvalue weighted by atomic mass is 16.7. The zero-order valence-electron chi connectivity index (χ0n) is 5.57. The molecule has 0 saturated carbocycles. The summed E-state index contributed by atoms with van der Waals surface area (Å²) < 4.78 is 8.88. The molecule has 1 aliphatic heterocycles. The van der Waals surface area contributed by atoms with Gasteiger partial charge < -0.3 is 14.6 Å². The van der Waals surface area contributed by atoms with Crippen molar-refractivity contribution in [3.05, 3.63) is 11.8 Å². The van der Waals surface area contributed by atoms with Gasteiger partial charge in [0.15, 0.2) is 5.78 Å². The van der Waals surface area contributed by atoms with Gasteiger partial charge in [-0.1, -0.05) is 0 Å². The van der Waals surface area contributed by atoms with Crippen LogP contribution in [0.3, 0.4) is 0 Å². The Kier molecular flexibility index (Phi) is 2.22. The molecule has 60 valence electrons. The van der Waals surface area contributed by atoms with E-state index in [0.29, 0.717) is 0 Å². The third kappa shape index (κ3) is 2.38. The molecule has 1 N–H and O–H groups in total. The van der Waals surface area contributed by atoms with Crippen molar-refractivity contribution in [3.63, 3.8) is 0 Å². The Balaban J connectivity index is 2.56. The smallest absolute Gasteiger partial charge is 0.449 e. The van der Waals surface area contributed by atoms with E-state index in [1.165, 1.54) is 0 Å². The second kappa shape index (κ2) is 3.16. The summed E-state index contributed by atoms with van der Waals surface area (Å²) in [5.41, 5.74) is 0. The molecule has 0 aromatic rings. The van der Waals surface area contributed by atoms with Crippen LogP contribution in [0.5, 0.6) is 0 Å². The van der Waals surface area contributed by atoms with Crippen LogP contribution in [0.4, 0.5) is 4.79 Å². The summed E-state index contributed by atoms with van der Waals surface area (Å²) in [6.45, 7) is 0.0323. The number of rotatable bonds is 1. The number of carbonyl (C=O) groups excluding carboxylic acids is 1. The number of ketones is 1. The average molecular weight is 158 g/mol. The Morgan fingerprint density at radius 3 is 2.91 bits per heavy atom. The van der Waals surface area contributed by atoms with Crippen molar-refractivity contribution >= 4 is 11.9 Å². The first kappa shape index (κ1) is 7.74. The number of hydrogen-bond donors (Lipinski definition) is 1. The normalized spacial score (nSPS) is 17.5. The molecule has 5 heteroatoms. The van der Waals surface area contributed by atoms with E-state index in [-0.39, 0.29) is 24.8 Å². The molecule has 0 unspecified atom stereocenters. The van der Waals surface area contributed by atoms with Crippen molar-refractivity contribution in [3.8, 4) is 0 Å². The third-order valence-corrected chi connectivity index (χ3v) is 1.03. The van der Waals surface area contributed by atoms with Gasteiger partial charge in [0.2, 0.25) is 0 Å². The maximum absolute atomic E-state index is 10.6. The van der Waals surface area contributed by atoms with Crippen LogP contribution in [0, 0.1) is 0 Å². The molecular weight excluding hydrogens is 152 g/mol. The van der Waals surface area contributed by atoms with E-state index >= 15 is 0 Å². The molecule has 11 heavy (non-hydrogen) atoms. The highest BCUT2D eigenvalue weighted by Crippen LogP contribution is 2.04. The van der Waals surface area contributed by atoms with Crippen LogP contribution < -0.4 is 0 Å². The maximum atomic E-state index is 10.6. The van der Waals surface area contributed by atoms with Gasteiger partial charge in [-0.25, -0.2) is 4.79 Å². The van der Waals surface area contributed by atoms with Gasteiger partial charge >= 0.3 is 6.16 Å². The zero-order chi connectivity index (χ0) is 8.27. The maximum Gasteiger partial charge on any atom is 0.511 e. The zero-order valence-corrected chi connectivity index (χ0v) is 5.57. The van der Waals surface area contributed by atoms with E-state index < -0.39 is 6.16 Å². The largest absolute Gasteiger partial charge is 0.511 e. The molecule has 0 bridgehead atoms. The van der Waals surface area contributed by atoms with E-state index in [2.05, 4.69) is 9.47 Å². The van der Waals surface area contributed by atoms with Crippen molar-refractivity contribution < 1.29 is 24.2 Å². The Labute approximate surface area is 62.2 Å². The molecule has 0 aliphatic carbocycles. The van der Waals surface area contributed by atoms with Crippen molar-refractivity contribution in [1.29, 1.82) is 0 Å². The van der Waals surface area contributed by atoms with E-state index in [0.717, 1.165) is 6.08 Å². The Bertz CT molecular complexity index is 217. The van der Waals surface area contributed by atoms with Gasteiger partial charge in [0.25, 0.3) is 0 Å². The fraction of sp³-hybridized carbons (Fsp3) is 0.333. The lowest BCUT2D eigenvalue weighted by Crippen LogP contribution is -2.18. The first-order valence-corrected chi connectivity index (χ1v) is 2.90. The second-order valence-corrected chi connectivity index (χ2v) is 1.94. The highest BCUT2D eigenvalue weighted by molar-refractivity contribution is 5.92. The van der Waals surface area contributed by atoms with Gasteiger partial charge in [0, 0.05) is 6.08 Å². The number of carbonyl (C=O) groups is 2. The molecule has 0 aromatic carbocycles. The predicted octanol–water partition coefficient (Wildman–Crippen LogP) is 0.164. The summed E-state index contributed by atoms with van der Waals surface area (Å²) >= 11 is 0. The summed E-state index contributed by atoms with van der Waals surface area (Å²) in [7, 11) is 0. The Morgan fingerprint density at radius 2 is 2.36 bits per heavy atom. The minimum absolute atomic E-state index is 0.00746. The standard InChI is InChI=1S/C6H6O5/c7-4-1-5(3-10-2-4)11-6(8)9/h1H,2-3H2,(H,8,9). The summed E-state index contributed by atoms with van der Waals surface area (Å²) in [5, 5.41) is 8.12. The SMILES string of the molecule is O=C1C=C(OC(=O)O)COC1. The Morgan fingerprint density at radius 1 is 1.64 bits per heavy atom. The van der Waals surface area contributed by atoms with Crippen LogP contribution in [-0.4, -0.2) is 30.3 Å². The molecule has 1 heterocycles. The number of ether oxygens (including phenoxy) is 2. The molecule has 5 nitrogen and oxygen atoms in total. The summed E-state index contributed by atoms with van der Waals surface area (Å²) in [6, 6.07) is 0. The Hall–Kier alpha value is -1.36. The fourth-order valence-electron chi connectivity index (χ4n) is 0.686. The van der Waals surface area contributed by atoms with Crippen molar-refractivity contribution in [2.45, 2.75) is 0 Å². The molecular formula is C6H6O5. The molecule has 0 saturated heterocycles. The monoisotopic (exact) mass is 158 g/mol. The van der Waals surface area contributed by atoms with Crippen molar-refractivity contribution in [2.24, 2.45) is 0 Å². The van der Waals surface area contributed by atoms with Gasteiger partial charge in [-0.05, 0) is 0 Å². The van der Waals surface area contributed by atoms with Crippen LogP contribution >= 0.6 is 0 Å². The summed E-state index contributed by atoms with van der Waals surface area (Å²) in [4.78, 5) is 20.5. The molecule has 1 aliphatic rings. The molecule has 1 rings (SSSR count). The lowest BCUT2D eigenvalue weighted by Gasteiger charge is -2.10. The minimum atomic E-state index is -1.44. The van der Waals surface area contributed by atoms with Gasteiger partial charge in [0.05, 0.1) is 0 Å². The highest BCUT2D eigenvalue weighted by Gasteiger charge is 2.13. The third-order valence-electron chi connectivity index (χ3n) is 1.03. The van der Waals surface area contributed by atoms with Crippen LogP contribution in [0.2, 0.25) is 0 Å². The van der Waals surface area contributed by atoms with E-state index in [9.17, 15) is 9.59 Å². The second-order valence-electron chi connectivity index (χ2n) is 1.94. The number of carboxylic acid groups (broad SMARTS) is 1.